The van der Waals surface area contributed by atoms with E-state index in [1.165, 1.54) is 0 Å². The highest BCUT2D eigenvalue weighted by Crippen LogP contribution is 2.30. The second-order valence-corrected chi connectivity index (χ2v) is 5.17. The van der Waals surface area contributed by atoms with E-state index in [2.05, 4.69) is 5.32 Å². The zero-order valence-electron chi connectivity index (χ0n) is 12.0. The number of benzene rings is 2. The molecule has 0 unspecified atom stereocenters. The Morgan fingerprint density at radius 2 is 1.55 bits per heavy atom. The van der Waals surface area contributed by atoms with E-state index in [1.807, 2.05) is 47.4 Å². The van der Waals surface area contributed by atoms with Gasteiger partial charge >= 0.3 is 0 Å². The molecule has 0 aromatic heterocycles. The zero-order chi connectivity index (χ0) is 13.9. The van der Waals surface area contributed by atoms with Gasteiger partial charge in [-0.2, -0.15) is 0 Å². The fourth-order valence-electron chi connectivity index (χ4n) is 2.87. The van der Waals surface area contributed by atoms with Crippen LogP contribution in [0.25, 0.3) is 10.8 Å². The van der Waals surface area contributed by atoms with Crippen LogP contribution >= 0.6 is 24.8 Å². The smallest absolute Gasteiger partial charge is 0.258 e. The Bertz CT molecular complexity index is 589. The van der Waals surface area contributed by atoms with Crippen molar-refractivity contribution in [3.63, 3.8) is 0 Å². The van der Waals surface area contributed by atoms with Crippen molar-refractivity contribution < 1.29 is 8.78 Å². The molecule has 0 bridgehead atoms. The molecule has 0 radical (unpaired) electrons. The molecule has 1 aliphatic heterocycles. The number of hydrogen-bond acceptors (Lipinski definition) is 2. The molecule has 2 nitrogen and oxygen atoms in total. The van der Waals surface area contributed by atoms with Crippen LogP contribution in [0.4, 0.5) is 8.78 Å². The van der Waals surface area contributed by atoms with Crippen molar-refractivity contribution in [2.45, 2.75) is 12.5 Å². The second kappa shape index (κ2) is 8.63. The topological polar surface area (TPSA) is 15.3 Å². The molecular formula is C16H20Cl2F2N2. The number of nitrogens with zero attached hydrogens (tertiary/aromatic N) is 1. The summed E-state index contributed by atoms with van der Waals surface area (Å²) >= 11 is 0. The number of alkyl halides is 2. The van der Waals surface area contributed by atoms with E-state index in [0.29, 0.717) is 18.7 Å². The van der Waals surface area contributed by atoms with Crippen LogP contribution in [0.3, 0.4) is 0 Å². The third-order valence-corrected chi connectivity index (χ3v) is 3.90. The minimum atomic E-state index is -2.37. The molecule has 1 aliphatic rings. The molecule has 0 aliphatic carbocycles. The van der Waals surface area contributed by atoms with Crippen LogP contribution < -0.4 is 5.32 Å². The first-order valence-electron chi connectivity index (χ1n) is 6.97. The first kappa shape index (κ1) is 19.1. The summed E-state index contributed by atoms with van der Waals surface area (Å²) < 4.78 is 27.0. The van der Waals surface area contributed by atoms with E-state index in [-0.39, 0.29) is 24.8 Å². The van der Waals surface area contributed by atoms with Gasteiger partial charge in [-0.3, -0.25) is 4.90 Å². The van der Waals surface area contributed by atoms with E-state index in [9.17, 15) is 8.78 Å². The quantitative estimate of drug-likeness (QED) is 0.904. The first-order chi connectivity index (χ1) is 9.75. The lowest BCUT2D eigenvalue weighted by molar-refractivity contribution is 0.0182. The summed E-state index contributed by atoms with van der Waals surface area (Å²) in [6.07, 6.45) is -2.37. The largest absolute Gasteiger partial charge is 0.314 e. The molecule has 1 atom stereocenters. The number of hydrogen-bond donors (Lipinski definition) is 1. The van der Waals surface area contributed by atoms with Crippen LogP contribution in [0.5, 0.6) is 0 Å². The van der Waals surface area contributed by atoms with Crippen molar-refractivity contribution in [2.75, 3.05) is 26.2 Å². The fourth-order valence-corrected chi connectivity index (χ4v) is 2.87. The highest BCUT2D eigenvalue weighted by molar-refractivity contribution is 5.85. The second-order valence-electron chi connectivity index (χ2n) is 5.17. The van der Waals surface area contributed by atoms with Crippen molar-refractivity contribution in [3.8, 4) is 0 Å². The van der Waals surface area contributed by atoms with Gasteiger partial charge in [-0.05, 0) is 22.4 Å². The average molecular weight is 349 g/mol. The highest BCUT2D eigenvalue weighted by atomic mass is 35.5. The monoisotopic (exact) mass is 348 g/mol. The van der Waals surface area contributed by atoms with Gasteiger partial charge in [0.05, 0.1) is 6.04 Å². The number of rotatable bonds is 3. The van der Waals surface area contributed by atoms with Gasteiger partial charge in [-0.1, -0.05) is 36.4 Å². The van der Waals surface area contributed by atoms with Gasteiger partial charge in [0, 0.05) is 26.2 Å². The van der Waals surface area contributed by atoms with Crippen LogP contribution in [0, 0.1) is 0 Å². The average Bonchev–Trinajstić information content (AvgIpc) is 2.48. The Balaban J connectivity index is 0.00000121. The fraction of sp³-hybridized carbons (Fsp3) is 0.375. The molecule has 0 amide bonds. The van der Waals surface area contributed by atoms with Crippen LogP contribution in [0.1, 0.15) is 11.6 Å². The molecule has 22 heavy (non-hydrogen) atoms. The molecule has 3 rings (SSSR count). The summed E-state index contributed by atoms with van der Waals surface area (Å²) in [5.41, 5.74) is 0.709. The lowest BCUT2D eigenvalue weighted by Crippen LogP contribution is -2.46. The summed E-state index contributed by atoms with van der Waals surface area (Å²) in [5.74, 6) is 0. The van der Waals surface area contributed by atoms with Crippen molar-refractivity contribution in [3.05, 3.63) is 48.0 Å². The van der Waals surface area contributed by atoms with Gasteiger partial charge in [0.2, 0.25) is 0 Å². The SMILES string of the molecule is Cl.Cl.FC(F)[C@H](c1ccc2ccccc2c1)N1CCNCC1. The van der Waals surface area contributed by atoms with Gasteiger partial charge in [0.15, 0.2) is 0 Å². The third kappa shape index (κ3) is 4.07. The summed E-state index contributed by atoms with van der Waals surface area (Å²) in [6, 6.07) is 12.7. The first-order valence-corrected chi connectivity index (χ1v) is 6.97. The van der Waals surface area contributed by atoms with Crippen LogP contribution in [-0.2, 0) is 0 Å². The molecule has 1 saturated heterocycles. The van der Waals surface area contributed by atoms with Crippen molar-refractivity contribution in [1.29, 1.82) is 0 Å². The highest BCUT2D eigenvalue weighted by Gasteiger charge is 2.30. The van der Waals surface area contributed by atoms with E-state index in [1.54, 1.807) is 0 Å². The Hall–Kier alpha value is -0.940. The standard InChI is InChI=1S/C16H18F2N2.2ClH/c17-16(18)15(20-9-7-19-8-10-20)14-6-5-12-3-1-2-4-13(12)11-14;;/h1-6,11,15-16,19H,7-10H2;2*1H/t15-;;/m0../s1. The molecule has 1 heterocycles. The minimum absolute atomic E-state index is 0. The van der Waals surface area contributed by atoms with Crippen LogP contribution in [0.15, 0.2) is 42.5 Å². The predicted octanol–water partition coefficient (Wildman–Crippen LogP) is 3.89. The Kier molecular flexibility index (Phi) is 7.49. The zero-order valence-corrected chi connectivity index (χ0v) is 13.7. The van der Waals surface area contributed by atoms with Crippen LogP contribution in [0.2, 0.25) is 0 Å². The maximum Gasteiger partial charge on any atom is 0.258 e. The Morgan fingerprint density at radius 3 is 2.18 bits per heavy atom. The van der Waals surface area contributed by atoms with E-state index in [0.717, 1.165) is 23.9 Å². The molecular weight excluding hydrogens is 329 g/mol. The molecule has 2 aromatic rings. The van der Waals surface area contributed by atoms with E-state index < -0.39 is 12.5 Å². The van der Waals surface area contributed by atoms with E-state index >= 15 is 0 Å². The normalized spacial score (nSPS) is 16.9. The summed E-state index contributed by atoms with van der Waals surface area (Å²) in [4.78, 5) is 1.88. The summed E-state index contributed by atoms with van der Waals surface area (Å²) in [7, 11) is 0. The molecule has 0 saturated carbocycles. The lowest BCUT2D eigenvalue weighted by Gasteiger charge is -2.34. The van der Waals surface area contributed by atoms with Crippen molar-refractivity contribution in [2.24, 2.45) is 0 Å². The van der Waals surface area contributed by atoms with Crippen molar-refractivity contribution in [1.82, 2.24) is 10.2 Å². The van der Waals surface area contributed by atoms with Crippen molar-refractivity contribution >= 4 is 35.6 Å². The van der Waals surface area contributed by atoms with Gasteiger partial charge < -0.3 is 5.32 Å². The number of nitrogens with one attached hydrogen (secondary N) is 1. The maximum absolute atomic E-state index is 13.5. The van der Waals surface area contributed by atoms with Gasteiger partial charge in [-0.25, -0.2) is 8.78 Å². The van der Waals surface area contributed by atoms with Crippen LogP contribution in [-0.4, -0.2) is 37.5 Å². The molecule has 1 fully saturated rings. The number of halogens is 4. The molecule has 2 aromatic carbocycles. The molecule has 0 spiro atoms. The maximum atomic E-state index is 13.5. The number of piperazine rings is 1. The molecule has 1 N–H and O–H groups in total. The molecule has 6 heteroatoms. The summed E-state index contributed by atoms with van der Waals surface area (Å²) in [6.45, 7) is 2.89. The Labute approximate surface area is 141 Å². The third-order valence-electron chi connectivity index (χ3n) is 3.90. The lowest BCUT2D eigenvalue weighted by atomic mass is 10.0. The minimum Gasteiger partial charge on any atom is -0.314 e. The summed E-state index contributed by atoms with van der Waals surface area (Å²) in [5, 5.41) is 5.31. The molecule has 122 valence electrons. The van der Waals surface area contributed by atoms with Gasteiger partial charge in [0.25, 0.3) is 6.43 Å². The van der Waals surface area contributed by atoms with Gasteiger partial charge in [-0.15, -0.1) is 24.8 Å². The number of fused-ring (bicyclic) bond motifs is 1. The Morgan fingerprint density at radius 1 is 0.909 bits per heavy atom. The van der Waals surface area contributed by atoms with E-state index in [4.69, 9.17) is 0 Å². The van der Waals surface area contributed by atoms with Gasteiger partial charge in [0.1, 0.15) is 0 Å². The predicted molar refractivity (Wildman–Crippen MR) is 91.6 cm³/mol.